The van der Waals surface area contributed by atoms with Crippen LogP contribution >= 0.6 is 11.6 Å². The Morgan fingerprint density at radius 1 is 1.19 bits per heavy atom. The van der Waals surface area contributed by atoms with Gasteiger partial charge in [-0.15, -0.1) is 0 Å². The van der Waals surface area contributed by atoms with Crippen molar-refractivity contribution in [2.24, 2.45) is 5.10 Å². The van der Waals surface area contributed by atoms with Gasteiger partial charge in [0.15, 0.2) is 6.10 Å². The second-order valence-electron chi connectivity index (χ2n) is 4.36. The summed E-state index contributed by atoms with van der Waals surface area (Å²) in [4.78, 5) is 11.8. The minimum atomic E-state index is -0.654. The van der Waals surface area contributed by atoms with Gasteiger partial charge in [0.05, 0.1) is 6.21 Å². The molecule has 2 aromatic rings. The van der Waals surface area contributed by atoms with E-state index in [1.165, 1.54) is 0 Å². The van der Waals surface area contributed by atoms with Crippen LogP contribution in [0.25, 0.3) is 0 Å². The number of amides is 1. The van der Waals surface area contributed by atoms with Crippen LogP contribution in [-0.2, 0) is 4.79 Å². The quantitative estimate of drug-likeness (QED) is 0.681. The van der Waals surface area contributed by atoms with Gasteiger partial charge in [-0.05, 0) is 36.8 Å². The molecule has 21 heavy (non-hydrogen) atoms. The zero-order chi connectivity index (χ0) is 15.1. The summed E-state index contributed by atoms with van der Waals surface area (Å²) in [5, 5.41) is 4.51. The molecular formula is C16H15ClN2O2. The summed E-state index contributed by atoms with van der Waals surface area (Å²) in [5.41, 5.74) is 3.35. The third kappa shape index (κ3) is 4.93. The number of hydrazone groups is 1. The minimum Gasteiger partial charge on any atom is -0.481 e. The van der Waals surface area contributed by atoms with Crippen molar-refractivity contribution in [1.29, 1.82) is 0 Å². The fourth-order valence-electron chi connectivity index (χ4n) is 1.57. The first-order valence-electron chi connectivity index (χ1n) is 6.45. The molecule has 0 aliphatic heterocycles. The molecule has 0 aromatic heterocycles. The Morgan fingerprint density at radius 2 is 1.86 bits per heavy atom. The first-order valence-corrected chi connectivity index (χ1v) is 6.83. The highest BCUT2D eigenvalue weighted by Crippen LogP contribution is 2.16. The van der Waals surface area contributed by atoms with Crippen LogP contribution in [-0.4, -0.2) is 18.2 Å². The maximum Gasteiger partial charge on any atom is 0.280 e. The number of rotatable bonds is 5. The molecule has 1 amide bonds. The largest absolute Gasteiger partial charge is 0.481 e. The second kappa shape index (κ2) is 7.45. The summed E-state index contributed by atoms with van der Waals surface area (Å²) in [5.74, 6) is 0.256. The van der Waals surface area contributed by atoms with E-state index in [0.29, 0.717) is 10.8 Å². The van der Waals surface area contributed by atoms with Crippen molar-refractivity contribution in [3.8, 4) is 5.75 Å². The maximum absolute atomic E-state index is 11.8. The lowest BCUT2D eigenvalue weighted by Gasteiger charge is -2.12. The number of carbonyl (C=O) groups excluding carboxylic acids is 1. The molecule has 108 valence electrons. The lowest BCUT2D eigenvalue weighted by Crippen LogP contribution is -2.33. The number of carbonyl (C=O) groups is 1. The van der Waals surface area contributed by atoms with Crippen LogP contribution in [0, 0.1) is 0 Å². The molecule has 0 unspecified atom stereocenters. The normalized spacial score (nSPS) is 12.1. The number of ether oxygens (including phenoxy) is 1. The Kier molecular flexibility index (Phi) is 5.35. The molecule has 0 aliphatic carbocycles. The Hall–Kier alpha value is -2.33. The van der Waals surface area contributed by atoms with Gasteiger partial charge >= 0.3 is 0 Å². The Bertz CT molecular complexity index is 612. The third-order valence-corrected chi connectivity index (χ3v) is 2.94. The number of halogens is 1. The van der Waals surface area contributed by atoms with Gasteiger partial charge in [0.1, 0.15) is 5.75 Å². The highest BCUT2D eigenvalue weighted by atomic mass is 35.5. The van der Waals surface area contributed by atoms with Gasteiger partial charge in [-0.25, -0.2) is 5.43 Å². The first kappa shape index (κ1) is 15.1. The summed E-state index contributed by atoms with van der Waals surface area (Å²) in [7, 11) is 0. The third-order valence-electron chi connectivity index (χ3n) is 2.68. The van der Waals surface area contributed by atoms with Crippen molar-refractivity contribution in [2.75, 3.05) is 0 Å². The summed E-state index contributed by atoms with van der Waals surface area (Å²) < 4.78 is 5.49. The van der Waals surface area contributed by atoms with E-state index in [1.54, 1.807) is 37.4 Å². The maximum atomic E-state index is 11.8. The van der Waals surface area contributed by atoms with Crippen LogP contribution in [0.3, 0.4) is 0 Å². The van der Waals surface area contributed by atoms with Gasteiger partial charge in [-0.3, -0.25) is 4.79 Å². The highest BCUT2D eigenvalue weighted by Gasteiger charge is 2.13. The van der Waals surface area contributed by atoms with E-state index in [2.05, 4.69) is 10.5 Å². The average Bonchev–Trinajstić information content (AvgIpc) is 2.50. The fraction of sp³-hybridized carbons (Fsp3) is 0.125. The van der Waals surface area contributed by atoms with Gasteiger partial charge < -0.3 is 4.74 Å². The molecule has 0 fully saturated rings. The molecule has 5 heteroatoms. The monoisotopic (exact) mass is 302 g/mol. The van der Waals surface area contributed by atoms with Crippen molar-refractivity contribution in [3.05, 3.63) is 65.2 Å². The molecular weight excluding hydrogens is 288 g/mol. The molecule has 0 radical (unpaired) electrons. The van der Waals surface area contributed by atoms with Crippen molar-refractivity contribution in [2.45, 2.75) is 13.0 Å². The van der Waals surface area contributed by atoms with Crippen LogP contribution < -0.4 is 10.2 Å². The first-order chi connectivity index (χ1) is 10.1. The van der Waals surface area contributed by atoms with Crippen molar-refractivity contribution in [3.63, 3.8) is 0 Å². The topological polar surface area (TPSA) is 50.7 Å². The van der Waals surface area contributed by atoms with E-state index < -0.39 is 6.10 Å². The second-order valence-corrected chi connectivity index (χ2v) is 4.80. The summed E-state index contributed by atoms with van der Waals surface area (Å²) in [6.07, 6.45) is 0.923. The summed E-state index contributed by atoms with van der Waals surface area (Å²) in [6.45, 7) is 1.65. The number of benzene rings is 2. The fourth-order valence-corrected chi connectivity index (χ4v) is 1.70. The number of hydrogen-bond acceptors (Lipinski definition) is 3. The molecule has 0 saturated carbocycles. The van der Waals surface area contributed by atoms with E-state index in [9.17, 15) is 4.79 Å². The van der Waals surface area contributed by atoms with E-state index in [1.807, 2.05) is 30.3 Å². The molecule has 2 rings (SSSR count). The molecule has 0 aliphatic rings. The lowest BCUT2D eigenvalue weighted by molar-refractivity contribution is -0.127. The van der Waals surface area contributed by atoms with Crippen molar-refractivity contribution < 1.29 is 9.53 Å². The average molecular weight is 303 g/mol. The Labute approximate surface area is 128 Å². The van der Waals surface area contributed by atoms with Crippen LogP contribution in [0.2, 0.25) is 5.02 Å². The summed E-state index contributed by atoms with van der Waals surface area (Å²) in [6, 6.07) is 16.3. The lowest BCUT2D eigenvalue weighted by atomic mass is 10.2. The molecule has 0 saturated heterocycles. The molecule has 0 bridgehead atoms. The van der Waals surface area contributed by atoms with Crippen LogP contribution in [0.4, 0.5) is 0 Å². The molecule has 4 nitrogen and oxygen atoms in total. The van der Waals surface area contributed by atoms with E-state index in [4.69, 9.17) is 16.3 Å². The van der Waals surface area contributed by atoms with Gasteiger partial charge in [0.2, 0.25) is 0 Å². The Morgan fingerprint density at radius 3 is 2.52 bits per heavy atom. The molecule has 0 spiro atoms. The van der Waals surface area contributed by atoms with Gasteiger partial charge in [-0.1, -0.05) is 41.9 Å². The standard InChI is InChI=1S/C16H15ClN2O2/c1-12(21-15-9-7-14(17)8-10-15)16(20)19-18-11-13-5-3-2-4-6-13/h2-12H,1H3,(H,19,20)/b18-11-/t12-/m1/s1. The van der Waals surface area contributed by atoms with E-state index in [0.717, 1.165) is 5.56 Å². The molecule has 2 aromatic carbocycles. The smallest absolute Gasteiger partial charge is 0.280 e. The van der Waals surface area contributed by atoms with Gasteiger partial charge in [0, 0.05) is 5.02 Å². The van der Waals surface area contributed by atoms with Crippen molar-refractivity contribution >= 4 is 23.7 Å². The highest BCUT2D eigenvalue weighted by molar-refractivity contribution is 6.30. The Balaban J connectivity index is 1.85. The van der Waals surface area contributed by atoms with E-state index >= 15 is 0 Å². The number of hydrogen-bond donors (Lipinski definition) is 1. The predicted molar refractivity (Wildman–Crippen MR) is 83.7 cm³/mol. The van der Waals surface area contributed by atoms with Crippen LogP contribution in [0.15, 0.2) is 59.7 Å². The molecule has 1 N–H and O–H groups in total. The minimum absolute atomic E-state index is 0.322. The SMILES string of the molecule is C[C@@H](Oc1ccc(Cl)cc1)C(=O)N/N=C\c1ccccc1. The van der Waals surface area contributed by atoms with Crippen LogP contribution in [0.5, 0.6) is 5.75 Å². The molecule has 1 atom stereocenters. The van der Waals surface area contributed by atoms with Crippen molar-refractivity contribution in [1.82, 2.24) is 5.43 Å². The van der Waals surface area contributed by atoms with Gasteiger partial charge in [-0.2, -0.15) is 5.10 Å². The number of nitrogens with zero attached hydrogens (tertiary/aromatic N) is 1. The van der Waals surface area contributed by atoms with Crippen LogP contribution in [0.1, 0.15) is 12.5 Å². The number of nitrogens with one attached hydrogen (secondary N) is 1. The van der Waals surface area contributed by atoms with E-state index in [-0.39, 0.29) is 5.91 Å². The summed E-state index contributed by atoms with van der Waals surface area (Å²) >= 11 is 5.78. The predicted octanol–water partition coefficient (Wildman–Crippen LogP) is 3.26. The molecule has 0 heterocycles. The van der Waals surface area contributed by atoms with Gasteiger partial charge in [0.25, 0.3) is 5.91 Å². The zero-order valence-corrected chi connectivity index (χ0v) is 12.2. The zero-order valence-electron chi connectivity index (χ0n) is 11.5.